The molecule has 0 aliphatic carbocycles. The molecule has 1 spiro atoms. The summed E-state index contributed by atoms with van der Waals surface area (Å²) in [6.07, 6.45) is 0.332. The fourth-order valence-corrected chi connectivity index (χ4v) is 3.01. The van der Waals surface area contributed by atoms with Gasteiger partial charge >= 0.3 is 12.1 Å². The number of rotatable bonds is 2. The van der Waals surface area contributed by atoms with Crippen molar-refractivity contribution in [2.75, 3.05) is 13.1 Å². The van der Waals surface area contributed by atoms with E-state index in [0.29, 0.717) is 13.0 Å². The van der Waals surface area contributed by atoms with Crippen LogP contribution in [0.5, 0.6) is 0 Å². The van der Waals surface area contributed by atoms with Crippen LogP contribution in [0.2, 0.25) is 5.02 Å². The maximum atomic E-state index is 13.7. The number of halogens is 2. The van der Waals surface area contributed by atoms with E-state index in [-0.39, 0.29) is 23.7 Å². The first-order valence-corrected chi connectivity index (χ1v) is 7.38. The molecule has 7 nitrogen and oxygen atoms in total. The summed E-state index contributed by atoms with van der Waals surface area (Å²) < 4.78 is 13.7. The summed E-state index contributed by atoms with van der Waals surface area (Å²) in [5.41, 5.74) is -0.868. The van der Waals surface area contributed by atoms with Gasteiger partial charge in [-0.15, -0.1) is 0 Å². The lowest BCUT2D eigenvalue weighted by atomic mass is 10.00. The predicted molar refractivity (Wildman–Crippen MR) is 79.2 cm³/mol. The fourth-order valence-electron chi connectivity index (χ4n) is 2.78. The Hall–Kier alpha value is -2.35. The Morgan fingerprint density at radius 2 is 2.22 bits per heavy atom. The van der Waals surface area contributed by atoms with Gasteiger partial charge in [-0.1, -0.05) is 17.7 Å². The van der Waals surface area contributed by atoms with Crippen LogP contribution in [0.15, 0.2) is 18.2 Å². The van der Waals surface area contributed by atoms with Crippen molar-refractivity contribution in [1.29, 1.82) is 0 Å². The molecule has 0 aromatic heterocycles. The number of hydrogen-bond donors (Lipinski definition) is 3. The maximum absolute atomic E-state index is 13.7. The van der Waals surface area contributed by atoms with Crippen LogP contribution in [0, 0.1) is 5.82 Å². The number of likely N-dealkylation sites (tertiary alicyclic amines) is 1. The monoisotopic (exact) mass is 340 g/mol. The first kappa shape index (κ1) is 15.5. The molecule has 5 amide bonds. The van der Waals surface area contributed by atoms with E-state index in [0.717, 1.165) is 0 Å². The zero-order valence-electron chi connectivity index (χ0n) is 12.0. The molecule has 2 saturated heterocycles. The molecule has 1 unspecified atom stereocenters. The van der Waals surface area contributed by atoms with Crippen molar-refractivity contribution >= 4 is 29.6 Å². The summed E-state index contributed by atoms with van der Waals surface area (Å²) in [5.74, 6) is -0.937. The third-order valence-corrected chi connectivity index (χ3v) is 4.40. The Morgan fingerprint density at radius 1 is 1.43 bits per heavy atom. The van der Waals surface area contributed by atoms with Crippen LogP contribution in [0.25, 0.3) is 0 Å². The molecule has 2 heterocycles. The summed E-state index contributed by atoms with van der Waals surface area (Å²) >= 11 is 5.90. The molecule has 0 saturated carbocycles. The number of benzene rings is 1. The highest BCUT2D eigenvalue weighted by atomic mass is 35.5. The second-order valence-corrected chi connectivity index (χ2v) is 5.93. The van der Waals surface area contributed by atoms with Crippen molar-refractivity contribution in [3.63, 3.8) is 0 Å². The highest BCUT2D eigenvalue weighted by Gasteiger charge is 2.51. The minimum absolute atomic E-state index is 0.0631. The molecular weight excluding hydrogens is 327 g/mol. The van der Waals surface area contributed by atoms with Gasteiger partial charge in [0.05, 0.1) is 6.54 Å². The summed E-state index contributed by atoms with van der Waals surface area (Å²) in [5, 5.41) is 7.52. The van der Waals surface area contributed by atoms with Crippen molar-refractivity contribution < 1.29 is 18.8 Å². The lowest BCUT2D eigenvalue weighted by molar-refractivity contribution is -0.123. The molecule has 1 aromatic rings. The summed E-state index contributed by atoms with van der Waals surface area (Å²) in [4.78, 5) is 36.7. The van der Waals surface area contributed by atoms with Crippen molar-refractivity contribution in [3.05, 3.63) is 34.6 Å². The fraction of sp³-hybridized carbons (Fsp3) is 0.357. The number of nitrogens with zero attached hydrogens (tertiary/aromatic N) is 1. The Kier molecular flexibility index (Phi) is 3.85. The Balaban J connectivity index is 1.62. The molecule has 2 aliphatic rings. The predicted octanol–water partition coefficient (Wildman–Crippen LogP) is 0.973. The van der Waals surface area contributed by atoms with Gasteiger partial charge in [-0.2, -0.15) is 0 Å². The highest BCUT2D eigenvalue weighted by molar-refractivity contribution is 6.31. The average Bonchev–Trinajstić information content (AvgIpc) is 3.03. The van der Waals surface area contributed by atoms with Crippen molar-refractivity contribution in [2.45, 2.75) is 18.5 Å². The number of nitrogens with one attached hydrogen (secondary N) is 3. The van der Waals surface area contributed by atoms with Gasteiger partial charge < -0.3 is 15.5 Å². The van der Waals surface area contributed by atoms with Crippen LogP contribution in [0.3, 0.4) is 0 Å². The molecule has 3 rings (SSSR count). The number of carbonyl (C=O) groups is 3. The molecule has 3 N–H and O–H groups in total. The lowest BCUT2D eigenvalue weighted by Crippen LogP contribution is -2.50. The molecule has 2 fully saturated rings. The van der Waals surface area contributed by atoms with E-state index in [1.54, 1.807) is 0 Å². The van der Waals surface area contributed by atoms with Gasteiger partial charge in [-0.25, -0.2) is 14.0 Å². The first-order chi connectivity index (χ1) is 10.9. The molecule has 1 atom stereocenters. The number of imide groups is 1. The zero-order chi connectivity index (χ0) is 16.6. The van der Waals surface area contributed by atoms with E-state index < -0.39 is 29.3 Å². The van der Waals surface area contributed by atoms with Gasteiger partial charge in [0.2, 0.25) is 0 Å². The quantitative estimate of drug-likeness (QED) is 0.701. The summed E-state index contributed by atoms with van der Waals surface area (Å²) in [7, 11) is 0. The van der Waals surface area contributed by atoms with Crippen molar-refractivity contribution in [2.24, 2.45) is 0 Å². The maximum Gasteiger partial charge on any atom is 0.322 e. The minimum atomic E-state index is -1.07. The largest absolute Gasteiger partial charge is 0.334 e. The summed E-state index contributed by atoms with van der Waals surface area (Å²) in [6.45, 7) is 0.318. The topological polar surface area (TPSA) is 90.5 Å². The van der Waals surface area contributed by atoms with E-state index in [1.165, 1.54) is 23.1 Å². The Bertz CT molecular complexity index is 678. The Labute approximate surface area is 136 Å². The number of hydrogen-bond acceptors (Lipinski definition) is 3. The number of urea groups is 2. The number of carbonyl (C=O) groups excluding carboxylic acids is 3. The average molecular weight is 341 g/mol. The molecule has 9 heteroatoms. The van der Waals surface area contributed by atoms with E-state index in [2.05, 4.69) is 16.0 Å². The van der Waals surface area contributed by atoms with Crippen LogP contribution < -0.4 is 16.0 Å². The van der Waals surface area contributed by atoms with Gasteiger partial charge in [0, 0.05) is 23.7 Å². The Morgan fingerprint density at radius 3 is 2.87 bits per heavy atom. The normalized spacial score (nSPS) is 23.1. The SMILES string of the molecule is O=C1NC(=O)C2(CCN(C(=O)NCc3c(F)cccc3Cl)C2)N1. The van der Waals surface area contributed by atoms with Gasteiger partial charge in [0.25, 0.3) is 5.91 Å². The standard InChI is InChI=1S/C14H14ClFN4O3/c15-9-2-1-3-10(16)8(9)6-17-13(23)20-5-4-14(7-20)11(21)18-12(22)19-14/h1-3H,4-7H2,(H,17,23)(H2,18,19,21,22). The smallest absolute Gasteiger partial charge is 0.322 e. The van der Waals surface area contributed by atoms with E-state index in [9.17, 15) is 18.8 Å². The molecule has 23 heavy (non-hydrogen) atoms. The second kappa shape index (κ2) is 5.69. The van der Waals surface area contributed by atoms with Crippen LogP contribution in [0.4, 0.5) is 14.0 Å². The van der Waals surface area contributed by atoms with E-state index in [1.807, 2.05) is 0 Å². The van der Waals surface area contributed by atoms with Gasteiger partial charge in [0.15, 0.2) is 0 Å². The zero-order valence-corrected chi connectivity index (χ0v) is 12.7. The third kappa shape index (κ3) is 2.81. The molecule has 0 radical (unpaired) electrons. The summed E-state index contributed by atoms with van der Waals surface area (Å²) in [6, 6.07) is 3.27. The molecule has 1 aromatic carbocycles. The van der Waals surface area contributed by atoms with Gasteiger partial charge in [-0.3, -0.25) is 10.1 Å². The van der Waals surface area contributed by atoms with E-state index in [4.69, 9.17) is 11.6 Å². The number of amides is 5. The lowest BCUT2D eigenvalue weighted by Gasteiger charge is -2.21. The van der Waals surface area contributed by atoms with Gasteiger partial charge in [-0.05, 0) is 18.6 Å². The molecule has 2 aliphatic heterocycles. The van der Waals surface area contributed by atoms with Crippen LogP contribution >= 0.6 is 11.6 Å². The first-order valence-electron chi connectivity index (χ1n) is 7.00. The molecule has 122 valence electrons. The van der Waals surface area contributed by atoms with Crippen LogP contribution in [0.1, 0.15) is 12.0 Å². The van der Waals surface area contributed by atoms with Crippen LogP contribution in [-0.2, 0) is 11.3 Å². The third-order valence-electron chi connectivity index (χ3n) is 4.05. The van der Waals surface area contributed by atoms with E-state index >= 15 is 0 Å². The van der Waals surface area contributed by atoms with Crippen molar-refractivity contribution in [3.8, 4) is 0 Å². The molecular formula is C14H14ClFN4O3. The second-order valence-electron chi connectivity index (χ2n) is 5.52. The highest BCUT2D eigenvalue weighted by Crippen LogP contribution is 2.25. The minimum Gasteiger partial charge on any atom is -0.334 e. The van der Waals surface area contributed by atoms with Crippen LogP contribution in [-0.4, -0.2) is 41.5 Å². The van der Waals surface area contributed by atoms with Gasteiger partial charge in [0.1, 0.15) is 11.4 Å². The van der Waals surface area contributed by atoms with Crippen molar-refractivity contribution in [1.82, 2.24) is 20.9 Å². The molecule has 0 bridgehead atoms.